The van der Waals surface area contributed by atoms with Gasteiger partial charge in [0.25, 0.3) is 0 Å². The second-order valence-electron chi connectivity index (χ2n) is 3.13. The van der Waals surface area contributed by atoms with Crippen LogP contribution in [0.1, 0.15) is 15.9 Å². The van der Waals surface area contributed by atoms with Gasteiger partial charge in [-0.15, -0.1) is 0 Å². The molecule has 3 nitrogen and oxygen atoms in total. The molecule has 0 atom stereocenters. The Morgan fingerprint density at radius 1 is 1.43 bits per heavy atom. The van der Waals surface area contributed by atoms with Crippen LogP contribution in [-0.2, 0) is 0 Å². The Kier molecular flexibility index (Phi) is 2.14. The lowest BCUT2D eigenvalue weighted by Crippen LogP contribution is -1.95. The Bertz CT molecular complexity index is 446. The van der Waals surface area contributed by atoms with E-state index in [1.165, 1.54) is 0 Å². The molecule has 0 bridgehead atoms. The van der Waals surface area contributed by atoms with Gasteiger partial charge in [-0.3, -0.25) is 4.79 Å². The molecule has 0 saturated carbocycles. The standard InChI is InChI=1S/C11H10N2O/c1-9-2-3-10(7-14)6-11(9)13-5-4-12-8-13/h2-8H,1H3. The van der Waals surface area contributed by atoms with Gasteiger partial charge in [-0.2, -0.15) is 0 Å². The van der Waals surface area contributed by atoms with Gasteiger partial charge in [-0.1, -0.05) is 12.1 Å². The zero-order valence-electron chi connectivity index (χ0n) is 7.84. The summed E-state index contributed by atoms with van der Waals surface area (Å²) >= 11 is 0. The first-order chi connectivity index (χ1) is 6.81. The summed E-state index contributed by atoms with van der Waals surface area (Å²) in [4.78, 5) is 14.6. The number of imidazole rings is 1. The first-order valence-electron chi connectivity index (χ1n) is 4.35. The lowest BCUT2D eigenvalue weighted by Gasteiger charge is -2.06. The minimum Gasteiger partial charge on any atom is -0.306 e. The molecule has 1 heterocycles. The quantitative estimate of drug-likeness (QED) is 0.672. The first kappa shape index (κ1) is 8.69. The number of hydrogen-bond acceptors (Lipinski definition) is 2. The van der Waals surface area contributed by atoms with E-state index in [-0.39, 0.29) is 0 Å². The van der Waals surface area contributed by atoms with Crippen LogP contribution in [0.15, 0.2) is 36.9 Å². The maximum Gasteiger partial charge on any atom is 0.150 e. The number of carbonyl (C=O) groups excluding carboxylic acids is 1. The predicted molar refractivity (Wildman–Crippen MR) is 53.7 cm³/mol. The Labute approximate surface area is 82.0 Å². The van der Waals surface area contributed by atoms with Crippen LogP contribution in [0, 0.1) is 6.92 Å². The smallest absolute Gasteiger partial charge is 0.150 e. The van der Waals surface area contributed by atoms with E-state index in [1.54, 1.807) is 12.5 Å². The molecule has 0 saturated heterocycles. The molecule has 0 radical (unpaired) electrons. The maximum atomic E-state index is 10.6. The molecule has 2 rings (SSSR count). The number of aldehydes is 1. The summed E-state index contributed by atoms with van der Waals surface area (Å²) in [6, 6.07) is 5.59. The maximum absolute atomic E-state index is 10.6. The summed E-state index contributed by atoms with van der Waals surface area (Å²) in [7, 11) is 0. The lowest BCUT2D eigenvalue weighted by atomic mass is 10.1. The van der Waals surface area contributed by atoms with Gasteiger partial charge >= 0.3 is 0 Å². The molecule has 1 aromatic carbocycles. The molecule has 0 aliphatic carbocycles. The third-order valence-electron chi connectivity index (χ3n) is 2.15. The highest BCUT2D eigenvalue weighted by atomic mass is 16.1. The molecule has 70 valence electrons. The van der Waals surface area contributed by atoms with Crippen molar-refractivity contribution in [3.05, 3.63) is 48.0 Å². The number of rotatable bonds is 2. The average molecular weight is 186 g/mol. The molecule has 0 unspecified atom stereocenters. The van der Waals surface area contributed by atoms with E-state index in [1.807, 2.05) is 35.9 Å². The van der Waals surface area contributed by atoms with Crippen LogP contribution in [0.5, 0.6) is 0 Å². The van der Waals surface area contributed by atoms with Gasteiger partial charge in [0.2, 0.25) is 0 Å². The monoisotopic (exact) mass is 186 g/mol. The molecule has 0 amide bonds. The van der Waals surface area contributed by atoms with Crippen molar-refractivity contribution in [2.24, 2.45) is 0 Å². The van der Waals surface area contributed by atoms with E-state index in [4.69, 9.17) is 0 Å². The highest BCUT2D eigenvalue weighted by Gasteiger charge is 2.01. The van der Waals surface area contributed by atoms with Gasteiger partial charge in [0.1, 0.15) is 6.29 Å². The molecular weight excluding hydrogens is 176 g/mol. The molecule has 0 aliphatic rings. The third kappa shape index (κ3) is 1.44. The highest BCUT2D eigenvalue weighted by molar-refractivity contribution is 5.76. The van der Waals surface area contributed by atoms with Crippen LogP contribution in [0.3, 0.4) is 0 Å². The van der Waals surface area contributed by atoms with Gasteiger partial charge in [0.15, 0.2) is 0 Å². The third-order valence-corrected chi connectivity index (χ3v) is 2.15. The van der Waals surface area contributed by atoms with Crippen molar-refractivity contribution >= 4 is 6.29 Å². The Hall–Kier alpha value is -1.90. The fourth-order valence-corrected chi connectivity index (χ4v) is 1.38. The number of aromatic nitrogens is 2. The summed E-state index contributed by atoms with van der Waals surface area (Å²) in [5.74, 6) is 0. The Balaban J connectivity index is 2.57. The molecule has 2 aromatic rings. The second-order valence-corrected chi connectivity index (χ2v) is 3.13. The SMILES string of the molecule is Cc1ccc(C=O)cc1-n1ccnc1. The van der Waals surface area contributed by atoms with E-state index in [0.29, 0.717) is 5.56 Å². The summed E-state index contributed by atoms with van der Waals surface area (Å²) in [6.07, 6.45) is 6.14. The molecule has 0 aliphatic heterocycles. The lowest BCUT2D eigenvalue weighted by molar-refractivity contribution is 0.112. The van der Waals surface area contributed by atoms with Crippen molar-refractivity contribution < 1.29 is 4.79 Å². The van der Waals surface area contributed by atoms with E-state index in [9.17, 15) is 4.79 Å². The number of nitrogens with zero attached hydrogens (tertiary/aromatic N) is 2. The number of hydrogen-bond donors (Lipinski definition) is 0. The van der Waals surface area contributed by atoms with E-state index in [2.05, 4.69) is 4.98 Å². The minimum absolute atomic E-state index is 0.680. The molecule has 1 aromatic heterocycles. The number of benzene rings is 1. The van der Waals surface area contributed by atoms with E-state index >= 15 is 0 Å². The molecular formula is C11H10N2O. The predicted octanol–water partition coefficient (Wildman–Crippen LogP) is 1.99. The molecule has 14 heavy (non-hydrogen) atoms. The van der Waals surface area contributed by atoms with Crippen LogP contribution in [-0.4, -0.2) is 15.8 Å². The minimum atomic E-state index is 0.680. The van der Waals surface area contributed by atoms with Crippen molar-refractivity contribution in [2.75, 3.05) is 0 Å². The molecule has 0 fully saturated rings. The normalized spacial score (nSPS) is 10.1. The van der Waals surface area contributed by atoms with Gasteiger partial charge in [0, 0.05) is 18.0 Å². The van der Waals surface area contributed by atoms with Gasteiger partial charge in [-0.05, 0) is 18.6 Å². The van der Waals surface area contributed by atoms with Gasteiger partial charge < -0.3 is 4.57 Å². The second kappa shape index (κ2) is 3.46. The molecule has 0 N–H and O–H groups in total. The zero-order valence-corrected chi connectivity index (χ0v) is 7.84. The summed E-state index contributed by atoms with van der Waals surface area (Å²) < 4.78 is 1.89. The summed E-state index contributed by atoms with van der Waals surface area (Å²) in [5, 5.41) is 0. The van der Waals surface area contributed by atoms with Crippen molar-refractivity contribution in [3.8, 4) is 5.69 Å². The molecule has 3 heteroatoms. The fraction of sp³-hybridized carbons (Fsp3) is 0.0909. The van der Waals surface area contributed by atoms with Crippen LogP contribution in [0.4, 0.5) is 0 Å². The van der Waals surface area contributed by atoms with Crippen LogP contribution < -0.4 is 0 Å². The Morgan fingerprint density at radius 3 is 2.93 bits per heavy atom. The average Bonchev–Trinajstić information content (AvgIpc) is 2.71. The molecule has 0 spiro atoms. The van der Waals surface area contributed by atoms with E-state index < -0.39 is 0 Å². The topological polar surface area (TPSA) is 34.9 Å². The summed E-state index contributed by atoms with van der Waals surface area (Å²) in [6.45, 7) is 2.00. The Morgan fingerprint density at radius 2 is 2.29 bits per heavy atom. The fourth-order valence-electron chi connectivity index (χ4n) is 1.38. The van der Waals surface area contributed by atoms with Crippen LogP contribution >= 0.6 is 0 Å². The van der Waals surface area contributed by atoms with Gasteiger partial charge in [0.05, 0.1) is 12.0 Å². The van der Waals surface area contributed by atoms with Crippen molar-refractivity contribution in [1.82, 2.24) is 9.55 Å². The van der Waals surface area contributed by atoms with E-state index in [0.717, 1.165) is 17.5 Å². The van der Waals surface area contributed by atoms with Crippen molar-refractivity contribution in [2.45, 2.75) is 6.92 Å². The highest BCUT2D eigenvalue weighted by Crippen LogP contribution is 2.14. The number of carbonyl (C=O) groups is 1. The van der Waals surface area contributed by atoms with Gasteiger partial charge in [-0.25, -0.2) is 4.98 Å². The first-order valence-corrected chi connectivity index (χ1v) is 4.35. The van der Waals surface area contributed by atoms with Crippen LogP contribution in [0.25, 0.3) is 5.69 Å². The largest absolute Gasteiger partial charge is 0.306 e. The van der Waals surface area contributed by atoms with Crippen molar-refractivity contribution in [3.63, 3.8) is 0 Å². The van der Waals surface area contributed by atoms with Crippen molar-refractivity contribution in [1.29, 1.82) is 0 Å². The summed E-state index contributed by atoms with van der Waals surface area (Å²) in [5.41, 5.74) is 2.79. The number of aryl methyl sites for hydroxylation is 1. The van der Waals surface area contributed by atoms with Crippen LogP contribution in [0.2, 0.25) is 0 Å². The zero-order chi connectivity index (χ0) is 9.97.